The second-order valence-electron chi connectivity index (χ2n) is 3.33. The Kier molecular flexibility index (Phi) is 3.09. The van der Waals surface area contributed by atoms with E-state index in [0.717, 1.165) is 13.0 Å². The number of hydrogen-bond acceptors (Lipinski definition) is 4. The molecule has 1 fully saturated rings. The molecule has 1 aliphatic rings. The van der Waals surface area contributed by atoms with Crippen LogP contribution in [0, 0.1) is 0 Å². The molecule has 1 rings (SSSR count). The summed E-state index contributed by atoms with van der Waals surface area (Å²) in [5.74, 6) is 0.649. The van der Waals surface area contributed by atoms with Crippen LogP contribution in [0.5, 0.6) is 0 Å². The van der Waals surface area contributed by atoms with Crippen molar-refractivity contribution in [1.29, 1.82) is 0 Å². The maximum Gasteiger partial charge on any atom is 0.151 e. The number of nitrogens with zero attached hydrogens (tertiary/aromatic N) is 1. The molecule has 0 aromatic carbocycles. The Hall–Kier alpha value is -0.130. The number of rotatable bonds is 3. The lowest BCUT2D eigenvalue weighted by Crippen LogP contribution is -2.36. The summed E-state index contributed by atoms with van der Waals surface area (Å²) in [6, 6.07) is 0.193. The first-order chi connectivity index (χ1) is 5.55. The van der Waals surface area contributed by atoms with Crippen LogP contribution in [0.3, 0.4) is 0 Å². The second kappa shape index (κ2) is 3.72. The zero-order chi connectivity index (χ0) is 9.19. The molecular formula is C7H16N2O2S. The van der Waals surface area contributed by atoms with Crippen LogP contribution in [0.2, 0.25) is 0 Å². The van der Waals surface area contributed by atoms with E-state index in [-0.39, 0.29) is 6.04 Å². The van der Waals surface area contributed by atoms with Crippen LogP contribution in [0.15, 0.2) is 0 Å². The van der Waals surface area contributed by atoms with E-state index in [0.29, 0.717) is 18.1 Å². The Balaban J connectivity index is 2.46. The van der Waals surface area contributed by atoms with E-state index in [4.69, 9.17) is 5.73 Å². The zero-order valence-corrected chi connectivity index (χ0v) is 8.18. The minimum Gasteiger partial charge on any atom is -0.329 e. The Morgan fingerprint density at radius 1 is 1.58 bits per heavy atom. The summed E-state index contributed by atoms with van der Waals surface area (Å²) in [6.07, 6.45) is 0.763. The van der Waals surface area contributed by atoms with Gasteiger partial charge in [0, 0.05) is 19.1 Å². The lowest BCUT2D eigenvalue weighted by Gasteiger charge is -2.21. The summed E-state index contributed by atoms with van der Waals surface area (Å²) in [4.78, 5) is 2.03. The lowest BCUT2D eigenvalue weighted by molar-refractivity contribution is 0.269. The quantitative estimate of drug-likeness (QED) is 0.627. The first-order valence-electron chi connectivity index (χ1n) is 4.16. The molecular weight excluding hydrogens is 176 g/mol. The SMILES string of the molecule is CN(CCN)[C@@H]1CCS(=O)(=O)C1. The van der Waals surface area contributed by atoms with Crippen molar-refractivity contribution in [2.24, 2.45) is 5.73 Å². The molecule has 12 heavy (non-hydrogen) atoms. The molecule has 0 amide bonds. The van der Waals surface area contributed by atoms with Crippen LogP contribution in [-0.4, -0.2) is 51.0 Å². The average Bonchev–Trinajstić information content (AvgIpc) is 2.31. The molecule has 0 bridgehead atoms. The molecule has 1 atom stereocenters. The van der Waals surface area contributed by atoms with Crippen LogP contribution in [-0.2, 0) is 9.84 Å². The largest absolute Gasteiger partial charge is 0.329 e. The highest BCUT2D eigenvalue weighted by Gasteiger charge is 2.29. The van der Waals surface area contributed by atoms with Gasteiger partial charge in [-0.05, 0) is 13.5 Å². The number of sulfone groups is 1. The van der Waals surface area contributed by atoms with Crippen molar-refractivity contribution in [3.8, 4) is 0 Å². The van der Waals surface area contributed by atoms with Crippen molar-refractivity contribution >= 4 is 9.84 Å². The Labute approximate surface area is 73.6 Å². The fraction of sp³-hybridized carbons (Fsp3) is 1.00. The van der Waals surface area contributed by atoms with Crippen LogP contribution >= 0.6 is 0 Å². The first-order valence-corrected chi connectivity index (χ1v) is 5.98. The maximum atomic E-state index is 11.1. The third-order valence-corrected chi connectivity index (χ3v) is 4.06. The predicted octanol–water partition coefficient (Wildman–Crippen LogP) is -0.936. The molecule has 0 unspecified atom stereocenters. The van der Waals surface area contributed by atoms with E-state index in [9.17, 15) is 8.42 Å². The molecule has 2 N–H and O–H groups in total. The molecule has 1 aliphatic heterocycles. The standard InChI is InChI=1S/C7H16N2O2S/c1-9(4-3-8)7-2-5-12(10,11)6-7/h7H,2-6,8H2,1H3/t7-/m1/s1. The van der Waals surface area contributed by atoms with Gasteiger partial charge in [-0.2, -0.15) is 0 Å². The summed E-state index contributed by atoms with van der Waals surface area (Å²) in [6.45, 7) is 1.37. The molecule has 0 saturated carbocycles. The van der Waals surface area contributed by atoms with Gasteiger partial charge >= 0.3 is 0 Å². The van der Waals surface area contributed by atoms with Gasteiger partial charge < -0.3 is 10.6 Å². The molecule has 4 nitrogen and oxygen atoms in total. The Morgan fingerprint density at radius 3 is 2.67 bits per heavy atom. The highest BCUT2D eigenvalue weighted by molar-refractivity contribution is 7.91. The van der Waals surface area contributed by atoms with Gasteiger partial charge in [0.1, 0.15) is 0 Å². The van der Waals surface area contributed by atoms with Crippen molar-refractivity contribution in [2.75, 3.05) is 31.6 Å². The number of hydrogen-bond donors (Lipinski definition) is 1. The third kappa shape index (κ3) is 2.43. The summed E-state index contributed by atoms with van der Waals surface area (Å²) in [5.41, 5.74) is 5.37. The average molecular weight is 192 g/mol. The van der Waals surface area contributed by atoms with Crippen molar-refractivity contribution in [2.45, 2.75) is 12.5 Å². The van der Waals surface area contributed by atoms with E-state index in [1.807, 2.05) is 11.9 Å². The Morgan fingerprint density at radius 2 is 2.25 bits per heavy atom. The van der Waals surface area contributed by atoms with Gasteiger partial charge in [-0.15, -0.1) is 0 Å². The van der Waals surface area contributed by atoms with Gasteiger partial charge in [0.15, 0.2) is 9.84 Å². The molecule has 1 heterocycles. The van der Waals surface area contributed by atoms with Gasteiger partial charge in [-0.1, -0.05) is 0 Å². The van der Waals surface area contributed by atoms with Crippen molar-refractivity contribution < 1.29 is 8.42 Å². The summed E-state index contributed by atoms with van der Waals surface area (Å²) in [5, 5.41) is 0. The molecule has 0 aromatic heterocycles. The molecule has 0 radical (unpaired) electrons. The monoisotopic (exact) mass is 192 g/mol. The molecule has 0 aliphatic carbocycles. The first kappa shape index (κ1) is 9.95. The van der Waals surface area contributed by atoms with Crippen molar-refractivity contribution in [3.63, 3.8) is 0 Å². The molecule has 72 valence electrons. The van der Waals surface area contributed by atoms with Crippen LogP contribution in [0.25, 0.3) is 0 Å². The number of nitrogens with two attached hydrogens (primary N) is 1. The molecule has 1 saturated heterocycles. The van der Waals surface area contributed by atoms with Gasteiger partial charge in [-0.3, -0.25) is 0 Å². The summed E-state index contributed by atoms with van der Waals surface area (Å²) in [7, 11) is -0.812. The third-order valence-electron chi connectivity index (χ3n) is 2.31. The van der Waals surface area contributed by atoms with E-state index in [2.05, 4.69) is 0 Å². The normalized spacial score (nSPS) is 28.1. The van der Waals surface area contributed by atoms with Crippen molar-refractivity contribution in [3.05, 3.63) is 0 Å². The van der Waals surface area contributed by atoms with Gasteiger partial charge in [0.25, 0.3) is 0 Å². The molecule has 0 spiro atoms. The fourth-order valence-electron chi connectivity index (χ4n) is 1.51. The Bertz CT molecular complexity index is 238. The highest BCUT2D eigenvalue weighted by atomic mass is 32.2. The topological polar surface area (TPSA) is 63.4 Å². The van der Waals surface area contributed by atoms with E-state index in [1.165, 1.54) is 0 Å². The number of likely N-dealkylation sites (N-methyl/N-ethyl adjacent to an activating group) is 1. The molecule has 5 heteroatoms. The van der Waals surface area contributed by atoms with E-state index >= 15 is 0 Å². The predicted molar refractivity (Wildman–Crippen MR) is 48.7 cm³/mol. The van der Waals surface area contributed by atoms with Gasteiger partial charge in [0.05, 0.1) is 11.5 Å². The van der Waals surface area contributed by atoms with E-state index < -0.39 is 9.84 Å². The van der Waals surface area contributed by atoms with Crippen molar-refractivity contribution in [1.82, 2.24) is 4.90 Å². The minimum atomic E-state index is -2.74. The van der Waals surface area contributed by atoms with Gasteiger partial charge in [0.2, 0.25) is 0 Å². The summed E-state index contributed by atoms with van der Waals surface area (Å²) >= 11 is 0. The zero-order valence-electron chi connectivity index (χ0n) is 7.36. The van der Waals surface area contributed by atoms with Crippen LogP contribution < -0.4 is 5.73 Å². The second-order valence-corrected chi connectivity index (χ2v) is 5.55. The van der Waals surface area contributed by atoms with Gasteiger partial charge in [-0.25, -0.2) is 8.42 Å². The fourth-order valence-corrected chi connectivity index (χ4v) is 3.31. The maximum absolute atomic E-state index is 11.1. The smallest absolute Gasteiger partial charge is 0.151 e. The summed E-state index contributed by atoms with van der Waals surface area (Å²) < 4.78 is 22.2. The lowest BCUT2D eigenvalue weighted by atomic mass is 10.2. The highest BCUT2D eigenvalue weighted by Crippen LogP contribution is 2.15. The minimum absolute atomic E-state index is 0.193. The molecule has 0 aromatic rings. The van der Waals surface area contributed by atoms with Crippen LogP contribution in [0.1, 0.15) is 6.42 Å². The van der Waals surface area contributed by atoms with E-state index in [1.54, 1.807) is 0 Å². The van der Waals surface area contributed by atoms with Crippen LogP contribution in [0.4, 0.5) is 0 Å².